The summed E-state index contributed by atoms with van der Waals surface area (Å²) >= 11 is 0. The first-order valence-electron chi connectivity index (χ1n) is 6.39. The molecule has 2 aromatic carbocycles. The van der Waals surface area contributed by atoms with E-state index in [4.69, 9.17) is 0 Å². The van der Waals surface area contributed by atoms with Crippen molar-refractivity contribution in [1.29, 1.82) is 0 Å². The molecule has 0 aromatic heterocycles. The standard InChI is InChI=1S/C15H12F3NO3S/c1-23(21,22)8-9-5-6-10(7-13(9)17)19-15(20)11-3-2-4-12(16)14(11)18/h2-7H,8H2,1H3,(H,19,20). The first kappa shape index (κ1) is 17.0. The van der Waals surface area contributed by atoms with Crippen molar-refractivity contribution in [3.8, 4) is 0 Å². The van der Waals surface area contributed by atoms with E-state index in [1.165, 1.54) is 18.2 Å². The Kier molecular flexibility index (Phi) is 4.74. The number of halogens is 3. The second-order valence-corrected chi connectivity index (χ2v) is 7.07. The molecule has 2 rings (SSSR count). The maximum absolute atomic E-state index is 13.8. The van der Waals surface area contributed by atoms with E-state index in [9.17, 15) is 26.4 Å². The Labute approximate surface area is 130 Å². The molecule has 0 saturated carbocycles. The molecular weight excluding hydrogens is 331 g/mol. The third kappa shape index (κ3) is 4.32. The zero-order valence-corrected chi connectivity index (χ0v) is 12.8. The zero-order chi connectivity index (χ0) is 17.2. The summed E-state index contributed by atoms with van der Waals surface area (Å²) in [5.41, 5.74) is -0.582. The van der Waals surface area contributed by atoms with E-state index in [1.807, 2.05) is 0 Å². The first-order chi connectivity index (χ1) is 10.7. The highest BCUT2D eigenvalue weighted by atomic mass is 32.2. The normalized spacial score (nSPS) is 11.3. The van der Waals surface area contributed by atoms with Crippen LogP contribution in [-0.4, -0.2) is 20.6 Å². The third-order valence-corrected chi connectivity index (χ3v) is 3.76. The van der Waals surface area contributed by atoms with Gasteiger partial charge in [0.05, 0.1) is 11.3 Å². The Bertz CT molecular complexity index is 866. The summed E-state index contributed by atoms with van der Waals surface area (Å²) in [5.74, 6) is -4.73. The number of amides is 1. The molecule has 2 aromatic rings. The van der Waals surface area contributed by atoms with Crippen molar-refractivity contribution in [3.63, 3.8) is 0 Å². The Morgan fingerprint density at radius 2 is 1.78 bits per heavy atom. The second-order valence-electron chi connectivity index (χ2n) is 4.93. The lowest BCUT2D eigenvalue weighted by Crippen LogP contribution is -2.15. The highest BCUT2D eigenvalue weighted by Crippen LogP contribution is 2.18. The van der Waals surface area contributed by atoms with Crippen molar-refractivity contribution in [1.82, 2.24) is 0 Å². The summed E-state index contributed by atoms with van der Waals surface area (Å²) < 4.78 is 62.7. The molecule has 0 saturated heterocycles. The van der Waals surface area contributed by atoms with Crippen LogP contribution in [0.2, 0.25) is 0 Å². The van der Waals surface area contributed by atoms with Crippen LogP contribution < -0.4 is 5.32 Å². The fourth-order valence-electron chi connectivity index (χ4n) is 1.90. The second kappa shape index (κ2) is 6.41. The van der Waals surface area contributed by atoms with Crippen molar-refractivity contribution in [3.05, 3.63) is 65.0 Å². The summed E-state index contributed by atoms with van der Waals surface area (Å²) in [4.78, 5) is 11.9. The van der Waals surface area contributed by atoms with Gasteiger partial charge in [0.25, 0.3) is 5.91 Å². The maximum Gasteiger partial charge on any atom is 0.258 e. The molecule has 0 aliphatic carbocycles. The molecule has 0 fully saturated rings. The molecule has 0 aliphatic heterocycles. The highest BCUT2D eigenvalue weighted by molar-refractivity contribution is 7.89. The van der Waals surface area contributed by atoms with Crippen molar-refractivity contribution in [2.45, 2.75) is 5.75 Å². The summed E-state index contributed by atoms with van der Waals surface area (Å²) in [7, 11) is -3.41. The van der Waals surface area contributed by atoms with Gasteiger partial charge in [0.2, 0.25) is 0 Å². The molecule has 8 heteroatoms. The van der Waals surface area contributed by atoms with E-state index in [0.717, 1.165) is 24.5 Å². The van der Waals surface area contributed by atoms with E-state index < -0.39 is 44.5 Å². The van der Waals surface area contributed by atoms with Crippen LogP contribution in [0.1, 0.15) is 15.9 Å². The van der Waals surface area contributed by atoms with Crippen LogP contribution >= 0.6 is 0 Å². The molecule has 122 valence electrons. The Morgan fingerprint density at radius 1 is 1.09 bits per heavy atom. The summed E-state index contributed by atoms with van der Waals surface area (Å²) in [6.07, 6.45) is 0.967. The van der Waals surface area contributed by atoms with E-state index in [1.54, 1.807) is 0 Å². The molecule has 0 unspecified atom stereocenters. The van der Waals surface area contributed by atoms with Gasteiger partial charge in [-0.3, -0.25) is 4.79 Å². The van der Waals surface area contributed by atoms with Crippen LogP contribution in [0.4, 0.5) is 18.9 Å². The van der Waals surface area contributed by atoms with Crippen LogP contribution in [0.3, 0.4) is 0 Å². The average Bonchev–Trinajstić information content (AvgIpc) is 2.43. The van der Waals surface area contributed by atoms with E-state index in [0.29, 0.717) is 0 Å². The summed E-state index contributed by atoms with van der Waals surface area (Å²) in [5, 5.41) is 2.22. The minimum absolute atomic E-state index is 0.00610. The number of nitrogens with one attached hydrogen (secondary N) is 1. The molecule has 1 amide bonds. The van der Waals surface area contributed by atoms with Crippen molar-refractivity contribution in [2.24, 2.45) is 0 Å². The van der Waals surface area contributed by atoms with Crippen molar-refractivity contribution in [2.75, 3.05) is 11.6 Å². The Balaban J connectivity index is 2.22. The van der Waals surface area contributed by atoms with Crippen LogP contribution in [0, 0.1) is 17.5 Å². The minimum atomic E-state index is -3.41. The van der Waals surface area contributed by atoms with Gasteiger partial charge in [-0.1, -0.05) is 12.1 Å². The monoisotopic (exact) mass is 343 g/mol. The van der Waals surface area contributed by atoms with E-state index >= 15 is 0 Å². The number of sulfone groups is 1. The fourth-order valence-corrected chi connectivity index (χ4v) is 2.70. The molecule has 1 N–H and O–H groups in total. The van der Waals surface area contributed by atoms with Crippen LogP contribution in [-0.2, 0) is 15.6 Å². The summed E-state index contributed by atoms with van der Waals surface area (Å²) in [6.45, 7) is 0. The van der Waals surface area contributed by atoms with Gasteiger partial charge in [-0.05, 0) is 24.3 Å². The molecule has 0 spiro atoms. The van der Waals surface area contributed by atoms with Gasteiger partial charge < -0.3 is 5.32 Å². The van der Waals surface area contributed by atoms with Crippen molar-refractivity contribution < 1.29 is 26.4 Å². The molecule has 0 atom stereocenters. The van der Waals surface area contributed by atoms with Gasteiger partial charge in [0, 0.05) is 17.5 Å². The van der Waals surface area contributed by atoms with Crippen LogP contribution in [0.15, 0.2) is 36.4 Å². The quantitative estimate of drug-likeness (QED) is 0.928. The fraction of sp³-hybridized carbons (Fsp3) is 0.133. The third-order valence-electron chi connectivity index (χ3n) is 2.92. The topological polar surface area (TPSA) is 63.2 Å². The average molecular weight is 343 g/mol. The smallest absolute Gasteiger partial charge is 0.258 e. The number of rotatable bonds is 4. The number of benzene rings is 2. The zero-order valence-electron chi connectivity index (χ0n) is 11.9. The Hall–Kier alpha value is -2.35. The number of hydrogen-bond acceptors (Lipinski definition) is 3. The number of hydrogen-bond donors (Lipinski definition) is 1. The van der Waals surface area contributed by atoms with E-state index in [-0.39, 0.29) is 11.3 Å². The van der Waals surface area contributed by atoms with Gasteiger partial charge in [0.1, 0.15) is 5.82 Å². The highest BCUT2D eigenvalue weighted by Gasteiger charge is 2.16. The van der Waals surface area contributed by atoms with Gasteiger partial charge in [0.15, 0.2) is 21.5 Å². The molecule has 23 heavy (non-hydrogen) atoms. The number of anilines is 1. The SMILES string of the molecule is CS(=O)(=O)Cc1ccc(NC(=O)c2cccc(F)c2F)cc1F. The first-order valence-corrected chi connectivity index (χ1v) is 8.45. The molecule has 0 heterocycles. The predicted molar refractivity (Wildman–Crippen MR) is 79.3 cm³/mol. The molecular formula is C15H12F3NO3S. The molecule has 0 bridgehead atoms. The maximum atomic E-state index is 13.8. The molecule has 4 nitrogen and oxygen atoms in total. The van der Waals surface area contributed by atoms with Gasteiger partial charge in [-0.15, -0.1) is 0 Å². The van der Waals surface area contributed by atoms with Gasteiger partial charge in [-0.2, -0.15) is 0 Å². The van der Waals surface area contributed by atoms with Crippen LogP contribution in [0.5, 0.6) is 0 Å². The van der Waals surface area contributed by atoms with Gasteiger partial charge in [-0.25, -0.2) is 21.6 Å². The largest absolute Gasteiger partial charge is 0.322 e. The molecule has 0 radical (unpaired) electrons. The number of carbonyl (C=O) groups excluding carboxylic acids is 1. The Morgan fingerprint density at radius 3 is 2.39 bits per heavy atom. The van der Waals surface area contributed by atoms with Crippen LogP contribution in [0.25, 0.3) is 0 Å². The van der Waals surface area contributed by atoms with Crippen molar-refractivity contribution >= 4 is 21.4 Å². The predicted octanol–water partition coefficient (Wildman–Crippen LogP) is 2.90. The lowest BCUT2D eigenvalue weighted by Gasteiger charge is -2.08. The lowest BCUT2D eigenvalue weighted by molar-refractivity contribution is 0.102. The molecule has 0 aliphatic rings. The van der Waals surface area contributed by atoms with E-state index in [2.05, 4.69) is 5.32 Å². The summed E-state index contributed by atoms with van der Waals surface area (Å²) in [6, 6.07) is 6.51. The minimum Gasteiger partial charge on any atom is -0.322 e. The lowest BCUT2D eigenvalue weighted by atomic mass is 10.1. The number of carbonyl (C=O) groups is 1. The van der Waals surface area contributed by atoms with Gasteiger partial charge >= 0.3 is 0 Å².